The van der Waals surface area contributed by atoms with Crippen molar-refractivity contribution in [2.24, 2.45) is 5.73 Å². The summed E-state index contributed by atoms with van der Waals surface area (Å²) < 4.78 is 0. The van der Waals surface area contributed by atoms with Crippen LogP contribution in [0.25, 0.3) is 0 Å². The summed E-state index contributed by atoms with van der Waals surface area (Å²) in [6.07, 6.45) is 1.12. The van der Waals surface area contributed by atoms with Crippen LogP contribution in [0.15, 0.2) is 0 Å². The number of hydrogen-bond acceptors (Lipinski definition) is 2. The zero-order chi connectivity index (χ0) is 8.91. The van der Waals surface area contributed by atoms with Gasteiger partial charge in [0.15, 0.2) is 0 Å². The molecule has 0 heterocycles. The largest absolute Gasteiger partial charge is 0.465 e. The van der Waals surface area contributed by atoms with E-state index in [-0.39, 0.29) is 0 Å². The third kappa shape index (κ3) is 3.83. The molecular weight excluding hydrogens is 144 g/mol. The quantitative estimate of drug-likeness (QED) is 0.539. The van der Waals surface area contributed by atoms with Gasteiger partial charge in [0.25, 0.3) is 0 Å². The second kappa shape index (κ2) is 4.18. The average molecular weight is 160 g/mol. The van der Waals surface area contributed by atoms with E-state index in [1.54, 1.807) is 0 Å². The van der Waals surface area contributed by atoms with E-state index >= 15 is 0 Å². The summed E-state index contributed by atoms with van der Waals surface area (Å²) in [7, 11) is 0. The normalized spacial score (nSPS) is 15.5. The monoisotopic (exact) mass is 160 g/mol. The number of carboxylic acid groups (broad SMARTS) is 1. The van der Waals surface area contributed by atoms with Crippen molar-refractivity contribution in [2.75, 3.05) is 0 Å². The molecule has 0 bridgehead atoms. The van der Waals surface area contributed by atoms with Gasteiger partial charge in [-0.15, -0.1) is 0 Å². The van der Waals surface area contributed by atoms with Crippen LogP contribution >= 0.6 is 0 Å². The maximum atomic E-state index is 10.3. The lowest BCUT2D eigenvalue weighted by Crippen LogP contribution is -2.54. The highest BCUT2D eigenvalue weighted by molar-refractivity contribution is 5.65. The molecule has 0 aromatic carbocycles. The Hall–Kier alpha value is -0.770. The molecule has 0 spiro atoms. The maximum absolute atomic E-state index is 10.3. The highest BCUT2D eigenvalue weighted by Gasteiger charge is 2.22. The van der Waals surface area contributed by atoms with Crippen LogP contribution in [0.1, 0.15) is 33.1 Å². The molecule has 0 aliphatic rings. The van der Waals surface area contributed by atoms with Crippen molar-refractivity contribution in [3.63, 3.8) is 0 Å². The first-order valence-electron chi connectivity index (χ1n) is 3.84. The summed E-state index contributed by atoms with van der Waals surface area (Å²) in [6.45, 7) is 3.84. The number of nitrogens with two attached hydrogens (primary N) is 1. The number of carbonyl (C=O) groups is 1. The lowest BCUT2D eigenvalue weighted by atomic mass is 10.0. The summed E-state index contributed by atoms with van der Waals surface area (Å²) in [4.78, 5) is 10.3. The molecule has 66 valence electrons. The van der Waals surface area contributed by atoms with E-state index < -0.39 is 11.8 Å². The fraction of sp³-hybridized carbons (Fsp3) is 0.857. The molecule has 0 aliphatic carbocycles. The van der Waals surface area contributed by atoms with Crippen molar-refractivity contribution >= 4 is 6.09 Å². The third-order valence-corrected chi connectivity index (χ3v) is 1.68. The molecule has 0 radical (unpaired) electrons. The van der Waals surface area contributed by atoms with E-state index in [0.717, 1.165) is 6.42 Å². The van der Waals surface area contributed by atoms with Gasteiger partial charge in [-0.1, -0.05) is 20.3 Å². The molecule has 1 atom stereocenters. The molecule has 1 amide bonds. The van der Waals surface area contributed by atoms with Crippen molar-refractivity contribution in [2.45, 2.75) is 38.8 Å². The van der Waals surface area contributed by atoms with E-state index in [1.165, 1.54) is 0 Å². The minimum absolute atomic E-state index is 0.618. The predicted octanol–water partition coefficient (Wildman–Crippen LogP) is 1.12. The standard InChI is InChI=1S/C7H16N2O2/c1-3-5-7(8,4-2)9-6(10)11/h9H,3-5,8H2,1-2H3,(H,10,11). The fourth-order valence-electron chi connectivity index (χ4n) is 0.987. The van der Waals surface area contributed by atoms with Crippen LogP contribution in [0.4, 0.5) is 4.79 Å². The zero-order valence-corrected chi connectivity index (χ0v) is 7.05. The molecule has 4 N–H and O–H groups in total. The minimum atomic E-state index is -1.05. The Morgan fingerprint density at radius 3 is 2.45 bits per heavy atom. The number of nitrogens with one attached hydrogen (secondary N) is 1. The molecule has 0 aromatic heterocycles. The van der Waals surface area contributed by atoms with Gasteiger partial charge in [-0.2, -0.15) is 0 Å². The molecule has 0 rings (SSSR count). The first-order chi connectivity index (χ1) is 5.04. The highest BCUT2D eigenvalue weighted by atomic mass is 16.4. The molecule has 0 aromatic rings. The second-order valence-corrected chi connectivity index (χ2v) is 2.69. The van der Waals surface area contributed by atoms with Gasteiger partial charge in [0, 0.05) is 0 Å². The van der Waals surface area contributed by atoms with Crippen molar-refractivity contribution < 1.29 is 9.90 Å². The van der Waals surface area contributed by atoms with Gasteiger partial charge < -0.3 is 16.2 Å². The van der Waals surface area contributed by atoms with Gasteiger partial charge in [0.05, 0.1) is 5.66 Å². The van der Waals surface area contributed by atoms with E-state index in [9.17, 15) is 4.79 Å². The van der Waals surface area contributed by atoms with E-state index in [1.807, 2.05) is 13.8 Å². The topological polar surface area (TPSA) is 75.3 Å². The summed E-state index contributed by atoms with van der Waals surface area (Å²) >= 11 is 0. The molecule has 0 saturated carbocycles. The molecule has 0 aliphatic heterocycles. The van der Waals surface area contributed by atoms with Gasteiger partial charge in [-0.25, -0.2) is 4.79 Å². The highest BCUT2D eigenvalue weighted by Crippen LogP contribution is 2.09. The predicted molar refractivity (Wildman–Crippen MR) is 43.3 cm³/mol. The van der Waals surface area contributed by atoms with Crippen molar-refractivity contribution in [3.8, 4) is 0 Å². The second-order valence-electron chi connectivity index (χ2n) is 2.69. The van der Waals surface area contributed by atoms with E-state index in [4.69, 9.17) is 10.8 Å². The Kier molecular flexibility index (Phi) is 3.89. The van der Waals surface area contributed by atoms with Crippen LogP contribution in [0, 0.1) is 0 Å². The molecule has 4 heteroatoms. The van der Waals surface area contributed by atoms with Crippen LogP contribution in [0.3, 0.4) is 0 Å². The van der Waals surface area contributed by atoms with Gasteiger partial charge in [-0.3, -0.25) is 0 Å². The van der Waals surface area contributed by atoms with Gasteiger partial charge in [0.2, 0.25) is 0 Å². The lowest BCUT2D eigenvalue weighted by Gasteiger charge is -2.27. The Labute approximate surface area is 66.8 Å². The Morgan fingerprint density at radius 1 is 1.64 bits per heavy atom. The van der Waals surface area contributed by atoms with Gasteiger partial charge in [0.1, 0.15) is 0 Å². The molecule has 0 fully saturated rings. The number of rotatable bonds is 4. The Balaban J connectivity index is 3.98. The summed E-state index contributed by atoms with van der Waals surface area (Å²) in [5.74, 6) is 0. The SMILES string of the molecule is CCCC(N)(CC)NC(=O)O. The molecule has 1 unspecified atom stereocenters. The van der Waals surface area contributed by atoms with Crippen LogP contribution in [0.5, 0.6) is 0 Å². The van der Waals surface area contributed by atoms with Crippen LogP contribution < -0.4 is 11.1 Å². The summed E-state index contributed by atoms with van der Waals surface area (Å²) in [5.41, 5.74) is 4.98. The van der Waals surface area contributed by atoms with Crippen LogP contribution in [-0.4, -0.2) is 16.9 Å². The van der Waals surface area contributed by atoms with E-state index in [2.05, 4.69) is 5.32 Å². The average Bonchev–Trinajstić information content (AvgIpc) is 1.87. The molecule has 4 nitrogen and oxygen atoms in total. The first kappa shape index (κ1) is 10.2. The first-order valence-corrected chi connectivity index (χ1v) is 3.84. The third-order valence-electron chi connectivity index (χ3n) is 1.68. The van der Waals surface area contributed by atoms with Crippen LogP contribution in [0.2, 0.25) is 0 Å². The van der Waals surface area contributed by atoms with Crippen LogP contribution in [-0.2, 0) is 0 Å². The Bertz CT molecular complexity index is 138. The van der Waals surface area contributed by atoms with Gasteiger partial charge in [-0.05, 0) is 12.8 Å². The lowest BCUT2D eigenvalue weighted by molar-refractivity contribution is 0.173. The summed E-state index contributed by atoms with van der Waals surface area (Å²) in [5, 5.41) is 10.7. The zero-order valence-electron chi connectivity index (χ0n) is 7.05. The number of amides is 1. The smallest absolute Gasteiger partial charge is 0.406 e. The maximum Gasteiger partial charge on any atom is 0.406 e. The molecule has 0 saturated heterocycles. The fourth-order valence-corrected chi connectivity index (χ4v) is 0.987. The Morgan fingerprint density at radius 2 is 2.18 bits per heavy atom. The molecular formula is C7H16N2O2. The summed E-state index contributed by atoms with van der Waals surface area (Å²) in [6, 6.07) is 0. The minimum Gasteiger partial charge on any atom is -0.465 e. The molecule has 11 heavy (non-hydrogen) atoms. The van der Waals surface area contributed by atoms with Gasteiger partial charge >= 0.3 is 6.09 Å². The number of hydrogen-bond donors (Lipinski definition) is 3. The van der Waals surface area contributed by atoms with Crippen molar-refractivity contribution in [3.05, 3.63) is 0 Å². The van der Waals surface area contributed by atoms with Crippen molar-refractivity contribution in [1.82, 2.24) is 5.32 Å². The van der Waals surface area contributed by atoms with E-state index in [0.29, 0.717) is 12.8 Å². The van der Waals surface area contributed by atoms with Crippen molar-refractivity contribution in [1.29, 1.82) is 0 Å².